The largest absolute Gasteiger partial charge is 0.360 e. The second kappa shape index (κ2) is 8.40. The Labute approximate surface area is 161 Å². The molecule has 28 heavy (non-hydrogen) atoms. The molecule has 0 bridgehead atoms. The van der Waals surface area contributed by atoms with Crippen molar-refractivity contribution < 1.29 is 4.92 Å². The lowest BCUT2D eigenvalue weighted by Crippen LogP contribution is -2.34. The molecule has 0 aliphatic heterocycles. The third-order valence-electron chi connectivity index (χ3n) is 4.27. The third-order valence-corrected chi connectivity index (χ3v) is 4.27. The van der Waals surface area contributed by atoms with Crippen molar-refractivity contribution in [2.75, 3.05) is 11.9 Å². The van der Waals surface area contributed by atoms with Gasteiger partial charge in [-0.25, -0.2) is 4.98 Å². The molecular weight excluding hydrogens is 360 g/mol. The maximum Gasteiger partial charge on any atom is 0.360 e. The molecule has 0 aliphatic carbocycles. The summed E-state index contributed by atoms with van der Waals surface area (Å²) in [6, 6.07) is 12.7. The highest BCUT2D eigenvalue weighted by molar-refractivity contribution is 5.69. The van der Waals surface area contributed by atoms with Gasteiger partial charge in [0.15, 0.2) is 5.69 Å². The van der Waals surface area contributed by atoms with E-state index in [2.05, 4.69) is 15.3 Å². The summed E-state index contributed by atoms with van der Waals surface area (Å²) in [7, 11) is 1.43. The second-order valence-corrected chi connectivity index (χ2v) is 6.32. The van der Waals surface area contributed by atoms with Crippen molar-refractivity contribution in [3.8, 4) is 11.3 Å². The summed E-state index contributed by atoms with van der Waals surface area (Å²) >= 11 is 0. The number of anilines is 1. The van der Waals surface area contributed by atoms with Crippen molar-refractivity contribution in [1.82, 2.24) is 14.5 Å². The summed E-state index contributed by atoms with van der Waals surface area (Å²) < 4.78 is 1.12. The lowest BCUT2D eigenvalue weighted by atomic mass is 10.1. The van der Waals surface area contributed by atoms with Gasteiger partial charge in [-0.3, -0.25) is 24.5 Å². The van der Waals surface area contributed by atoms with E-state index in [0.29, 0.717) is 18.5 Å². The summed E-state index contributed by atoms with van der Waals surface area (Å²) in [4.78, 5) is 31.5. The second-order valence-electron chi connectivity index (χ2n) is 6.32. The zero-order chi connectivity index (χ0) is 20.1. The number of rotatable bonds is 7. The van der Waals surface area contributed by atoms with Gasteiger partial charge >= 0.3 is 11.2 Å². The van der Waals surface area contributed by atoms with E-state index in [1.807, 2.05) is 30.3 Å². The normalized spacial score (nSPS) is 11.8. The summed E-state index contributed by atoms with van der Waals surface area (Å²) in [5.41, 5.74) is 6.39. The number of nitrogens with one attached hydrogen (secondary N) is 1. The molecule has 0 radical (unpaired) electrons. The summed E-state index contributed by atoms with van der Waals surface area (Å²) in [6.45, 7) is 0.350. The van der Waals surface area contributed by atoms with E-state index >= 15 is 0 Å². The van der Waals surface area contributed by atoms with Gasteiger partial charge in [-0.15, -0.1) is 0 Å². The number of aromatic nitrogens is 3. The minimum atomic E-state index is -0.744. The molecule has 0 saturated heterocycles. The number of nitrogens with zero attached hydrogens (tertiary/aromatic N) is 4. The first-order chi connectivity index (χ1) is 13.5. The molecule has 0 amide bonds. The highest BCUT2D eigenvalue weighted by Gasteiger charge is 2.25. The fourth-order valence-electron chi connectivity index (χ4n) is 2.84. The quantitative estimate of drug-likeness (QED) is 0.472. The molecule has 144 valence electrons. The van der Waals surface area contributed by atoms with Gasteiger partial charge < -0.3 is 11.1 Å². The van der Waals surface area contributed by atoms with E-state index < -0.39 is 16.2 Å². The fraction of sp³-hybridized carbons (Fsp3) is 0.211. The Balaban J connectivity index is 1.88. The van der Waals surface area contributed by atoms with E-state index in [1.165, 1.54) is 19.4 Å². The number of nitro groups is 1. The molecule has 9 nitrogen and oxygen atoms in total. The van der Waals surface area contributed by atoms with Gasteiger partial charge in [0.1, 0.15) is 0 Å². The van der Waals surface area contributed by atoms with Crippen LogP contribution in [0, 0.1) is 10.1 Å². The summed E-state index contributed by atoms with van der Waals surface area (Å²) in [5, 5.41) is 14.5. The van der Waals surface area contributed by atoms with Crippen molar-refractivity contribution in [2.45, 2.75) is 12.5 Å². The molecule has 3 aromatic rings. The number of benzene rings is 1. The van der Waals surface area contributed by atoms with E-state index in [4.69, 9.17) is 5.73 Å². The number of hydrogen-bond acceptors (Lipinski definition) is 7. The van der Waals surface area contributed by atoms with Crippen LogP contribution in [-0.4, -0.2) is 32.0 Å². The predicted octanol–water partition coefficient (Wildman–Crippen LogP) is 1.73. The smallest absolute Gasteiger partial charge is 0.354 e. The number of nitrogens with two attached hydrogens (primary N) is 1. The molecule has 0 aliphatic rings. The summed E-state index contributed by atoms with van der Waals surface area (Å²) in [5.74, 6) is 0.214. The number of hydrogen-bond donors (Lipinski definition) is 2. The van der Waals surface area contributed by atoms with Crippen LogP contribution in [-0.2, 0) is 13.5 Å². The van der Waals surface area contributed by atoms with Crippen molar-refractivity contribution in [2.24, 2.45) is 12.8 Å². The molecule has 2 aromatic heterocycles. The maximum atomic E-state index is 12.6. The highest BCUT2D eigenvalue weighted by atomic mass is 16.6. The number of pyridine rings is 1. The van der Waals surface area contributed by atoms with Crippen LogP contribution in [0.5, 0.6) is 0 Å². The van der Waals surface area contributed by atoms with E-state index in [1.54, 1.807) is 12.1 Å². The Bertz CT molecular complexity index is 1020. The van der Waals surface area contributed by atoms with Crippen molar-refractivity contribution in [3.05, 3.63) is 80.9 Å². The predicted molar refractivity (Wildman–Crippen MR) is 106 cm³/mol. The average molecular weight is 380 g/mol. The van der Waals surface area contributed by atoms with Gasteiger partial charge in [0.05, 0.1) is 4.92 Å². The topological polar surface area (TPSA) is 129 Å². The van der Waals surface area contributed by atoms with Gasteiger partial charge in [-0.2, -0.15) is 0 Å². The molecule has 9 heteroatoms. The molecule has 1 unspecified atom stereocenters. The zero-order valence-corrected chi connectivity index (χ0v) is 15.3. The first-order valence-electron chi connectivity index (χ1n) is 8.66. The Morgan fingerprint density at radius 2 is 1.89 bits per heavy atom. The van der Waals surface area contributed by atoms with Gasteiger partial charge in [-0.05, 0) is 24.1 Å². The van der Waals surface area contributed by atoms with Gasteiger partial charge in [0, 0.05) is 37.6 Å². The fourth-order valence-corrected chi connectivity index (χ4v) is 2.84. The molecule has 1 atom stereocenters. The molecule has 0 saturated carbocycles. The SMILES string of the molecule is Cn1c(NCC(N)Cc2ccccc2)nc(-c2ccncc2)c([N+](=O)[O-])c1=O. The first kappa shape index (κ1) is 19.2. The molecular formula is C19H20N6O3. The Morgan fingerprint density at radius 1 is 1.21 bits per heavy atom. The van der Waals surface area contributed by atoms with Crippen LogP contribution < -0.4 is 16.6 Å². The first-order valence-corrected chi connectivity index (χ1v) is 8.66. The average Bonchev–Trinajstić information content (AvgIpc) is 2.70. The maximum absolute atomic E-state index is 12.6. The van der Waals surface area contributed by atoms with Gasteiger partial charge in [0.2, 0.25) is 5.95 Å². The lowest BCUT2D eigenvalue weighted by molar-refractivity contribution is -0.386. The van der Waals surface area contributed by atoms with Gasteiger partial charge in [-0.1, -0.05) is 30.3 Å². The highest BCUT2D eigenvalue weighted by Crippen LogP contribution is 2.25. The Hall–Kier alpha value is -3.59. The van der Waals surface area contributed by atoms with Crippen molar-refractivity contribution in [1.29, 1.82) is 0 Å². The van der Waals surface area contributed by atoms with Crippen LogP contribution in [0.2, 0.25) is 0 Å². The van der Waals surface area contributed by atoms with Crippen LogP contribution in [0.4, 0.5) is 11.6 Å². The Kier molecular flexibility index (Phi) is 5.75. The lowest BCUT2D eigenvalue weighted by Gasteiger charge is -2.16. The van der Waals surface area contributed by atoms with Gasteiger partial charge in [0.25, 0.3) is 0 Å². The van der Waals surface area contributed by atoms with Crippen LogP contribution in [0.1, 0.15) is 5.56 Å². The minimum absolute atomic E-state index is 0.00497. The summed E-state index contributed by atoms with van der Waals surface area (Å²) in [6.07, 6.45) is 3.62. The third kappa shape index (κ3) is 4.21. The van der Waals surface area contributed by atoms with Crippen LogP contribution in [0.3, 0.4) is 0 Å². The van der Waals surface area contributed by atoms with E-state index in [9.17, 15) is 14.9 Å². The van der Waals surface area contributed by atoms with E-state index in [-0.39, 0.29) is 17.7 Å². The Morgan fingerprint density at radius 3 is 2.54 bits per heavy atom. The standard InChI is InChI=1S/C19H20N6O3/c1-24-18(26)17(25(27)28)16(14-7-9-21-10-8-14)23-19(24)22-12-15(20)11-13-5-3-2-4-6-13/h2-10,15H,11-12,20H2,1H3,(H,22,23). The zero-order valence-electron chi connectivity index (χ0n) is 15.3. The minimum Gasteiger partial charge on any atom is -0.354 e. The van der Waals surface area contributed by atoms with Crippen LogP contribution in [0.25, 0.3) is 11.3 Å². The molecule has 2 heterocycles. The molecule has 3 N–H and O–H groups in total. The molecule has 0 fully saturated rings. The van der Waals surface area contributed by atoms with Crippen molar-refractivity contribution in [3.63, 3.8) is 0 Å². The van der Waals surface area contributed by atoms with Crippen molar-refractivity contribution >= 4 is 11.6 Å². The molecule has 3 rings (SSSR count). The van der Waals surface area contributed by atoms with Crippen LogP contribution in [0.15, 0.2) is 59.7 Å². The van der Waals surface area contributed by atoms with Crippen LogP contribution >= 0.6 is 0 Å². The monoisotopic (exact) mass is 380 g/mol. The molecule has 0 spiro atoms. The van der Waals surface area contributed by atoms with E-state index in [0.717, 1.165) is 10.1 Å². The molecule has 1 aromatic carbocycles.